The van der Waals surface area contributed by atoms with Crippen molar-refractivity contribution in [3.8, 4) is 11.5 Å². The molecule has 0 aliphatic heterocycles. The Balaban J connectivity index is 1.91. The average molecular weight is 364 g/mol. The number of benzene rings is 2. The summed E-state index contributed by atoms with van der Waals surface area (Å²) in [6.07, 6.45) is 0. The van der Waals surface area contributed by atoms with Crippen molar-refractivity contribution >= 4 is 10.8 Å². The highest BCUT2D eigenvalue weighted by molar-refractivity contribution is 5.86. The Morgan fingerprint density at radius 1 is 0.577 bits per heavy atom. The molecule has 0 spiro atoms. The number of hydrogen-bond acceptors (Lipinski definition) is 6. The fourth-order valence-corrected chi connectivity index (χ4v) is 2.33. The minimum Gasteiger partial charge on any atom is -0.487 e. The Bertz CT molecular complexity index is 576. The normalized spacial score (nSPS) is 11.0. The predicted molar refractivity (Wildman–Crippen MR) is 100 cm³/mol. The molecule has 0 heterocycles. The first-order valence-electron chi connectivity index (χ1n) is 8.77. The van der Waals surface area contributed by atoms with E-state index in [1.165, 1.54) is 0 Å². The zero-order valence-electron chi connectivity index (χ0n) is 15.6. The molecule has 2 aromatic rings. The standard InChI is InChI=1S/C20H28O6/c1-21-7-9-23-11-13-25-19-15-17-5-3-4-6-18(17)16-20(19)26-14-12-24-10-8-22-2/h3-6,15-16H,7-14H2,1-2H3. The molecular weight excluding hydrogens is 336 g/mol. The van der Waals surface area contributed by atoms with E-state index in [0.717, 1.165) is 10.8 Å². The monoisotopic (exact) mass is 364 g/mol. The average Bonchev–Trinajstić information content (AvgIpc) is 2.67. The van der Waals surface area contributed by atoms with E-state index in [1.807, 2.05) is 24.3 Å². The first kappa shape index (κ1) is 20.5. The SMILES string of the molecule is COCCOCCOc1cc2ccccc2cc1OCCOCCOC. The zero-order valence-corrected chi connectivity index (χ0v) is 15.6. The number of methoxy groups -OCH3 is 2. The smallest absolute Gasteiger partial charge is 0.161 e. The molecule has 6 heteroatoms. The maximum Gasteiger partial charge on any atom is 0.161 e. The number of fused-ring (bicyclic) bond motifs is 1. The molecule has 0 aromatic heterocycles. The Morgan fingerprint density at radius 2 is 1.00 bits per heavy atom. The first-order valence-corrected chi connectivity index (χ1v) is 8.77. The van der Waals surface area contributed by atoms with Crippen molar-refractivity contribution in [2.24, 2.45) is 0 Å². The summed E-state index contributed by atoms with van der Waals surface area (Å²) in [5.74, 6) is 1.41. The maximum absolute atomic E-state index is 5.87. The second-order valence-electron chi connectivity index (χ2n) is 5.55. The van der Waals surface area contributed by atoms with Crippen LogP contribution in [0.5, 0.6) is 11.5 Å². The molecule has 0 bridgehead atoms. The van der Waals surface area contributed by atoms with E-state index in [2.05, 4.69) is 12.1 Å². The molecule has 144 valence electrons. The molecule has 26 heavy (non-hydrogen) atoms. The molecule has 0 amide bonds. The molecule has 2 rings (SSSR count). The lowest BCUT2D eigenvalue weighted by Gasteiger charge is -2.14. The molecule has 0 saturated carbocycles. The summed E-state index contributed by atoms with van der Waals surface area (Å²) < 4.78 is 32.5. The van der Waals surface area contributed by atoms with E-state index < -0.39 is 0 Å². The highest BCUT2D eigenvalue weighted by atomic mass is 16.6. The van der Waals surface area contributed by atoms with Gasteiger partial charge in [0.25, 0.3) is 0 Å². The van der Waals surface area contributed by atoms with Crippen LogP contribution in [0, 0.1) is 0 Å². The van der Waals surface area contributed by atoms with Gasteiger partial charge in [-0.1, -0.05) is 24.3 Å². The lowest BCUT2D eigenvalue weighted by molar-refractivity contribution is 0.0499. The van der Waals surface area contributed by atoms with E-state index in [1.54, 1.807) is 14.2 Å². The van der Waals surface area contributed by atoms with Gasteiger partial charge in [0.1, 0.15) is 13.2 Å². The van der Waals surface area contributed by atoms with Crippen LogP contribution in [0.3, 0.4) is 0 Å². The fourth-order valence-electron chi connectivity index (χ4n) is 2.33. The molecule has 0 aliphatic carbocycles. The van der Waals surface area contributed by atoms with Crippen molar-refractivity contribution in [2.45, 2.75) is 0 Å². The van der Waals surface area contributed by atoms with Crippen molar-refractivity contribution in [1.82, 2.24) is 0 Å². The number of hydrogen-bond donors (Lipinski definition) is 0. The summed E-state index contributed by atoms with van der Waals surface area (Å²) in [6, 6.07) is 12.1. The molecule has 2 aromatic carbocycles. The van der Waals surface area contributed by atoms with Crippen molar-refractivity contribution in [3.63, 3.8) is 0 Å². The van der Waals surface area contributed by atoms with Crippen LogP contribution < -0.4 is 9.47 Å². The third kappa shape index (κ3) is 7.17. The number of ether oxygens (including phenoxy) is 6. The van der Waals surface area contributed by atoms with Gasteiger partial charge in [0, 0.05) is 14.2 Å². The number of rotatable bonds is 14. The molecule has 0 aliphatic rings. The summed E-state index contributed by atoms with van der Waals surface area (Å²) in [5.41, 5.74) is 0. The van der Waals surface area contributed by atoms with Gasteiger partial charge in [0.05, 0.1) is 39.6 Å². The molecule has 6 nitrogen and oxygen atoms in total. The van der Waals surface area contributed by atoms with Gasteiger partial charge in [-0.3, -0.25) is 0 Å². The Labute approximate surface area is 154 Å². The largest absolute Gasteiger partial charge is 0.487 e. The Morgan fingerprint density at radius 3 is 1.42 bits per heavy atom. The second-order valence-corrected chi connectivity index (χ2v) is 5.55. The van der Waals surface area contributed by atoms with Crippen LogP contribution in [0.1, 0.15) is 0 Å². The first-order chi connectivity index (χ1) is 12.8. The Kier molecular flexibility index (Phi) is 9.82. The minimum absolute atomic E-state index is 0.447. The van der Waals surface area contributed by atoms with Crippen LogP contribution >= 0.6 is 0 Å². The highest BCUT2D eigenvalue weighted by Crippen LogP contribution is 2.32. The molecule has 0 unspecified atom stereocenters. The molecular formula is C20H28O6. The summed E-state index contributed by atoms with van der Waals surface area (Å²) in [7, 11) is 3.30. The van der Waals surface area contributed by atoms with Crippen molar-refractivity contribution in [2.75, 3.05) is 67.1 Å². The van der Waals surface area contributed by atoms with Crippen LogP contribution in [0.15, 0.2) is 36.4 Å². The van der Waals surface area contributed by atoms with E-state index in [-0.39, 0.29) is 0 Å². The van der Waals surface area contributed by atoms with Gasteiger partial charge in [-0.05, 0) is 22.9 Å². The predicted octanol–water partition coefficient (Wildman–Crippen LogP) is 2.92. The van der Waals surface area contributed by atoms with Gasteiger partial charge in [-0.25, -0.2) is 0 Å². The van der Waals surface area contributed by atoms with Gasteiger partial charge in [-0.15, -0.1) is 0 Å². The van der Waals surface area contributed by atoms with Crippen molar-refractivity contribution in [3.05, 3.63) is 36.4 Å². The maximum atomic E-state index is 5.87. The van der Waals surface area contributed by atoms with Crippen LogP contribution in [-0.4, -0.2) is 67.1 Å². The lowest BCUT2D eigenvalue weighted by Crippen LogP contribution is -2.12. The molecule has 0 atom stereocenters. The van der Waals surface area contributed by atoms with Crippen LogP contribution in [-0.2, 0) is 18.9 Å². The highest BCUT2D eigenvalue weighted by Gasteiger charge is 2.08. The van der Waals surface area contributed by atoms with E-state index in [0.29, 0.717) is 64.4 Å². The summed E-state index contributed by atoms with van der Waals surface area (Å²) in [4.78, 5) is 0. The van der Waals surface area contributed by atoms with Gasteiger partial charge in [-0.2, -0.15) is 0 Å². The Hall–Kier alpha value is -1.86. The third-order valence-corrected chi connectivity index (χ3v) is 3.65. The summed E-state index contributed by atoms with van der Waals surface area (Å²) in [5, 5.41) is 2.21. The minimum atomic E-state index is 0.447. The van der Waals surface area contributed by atoms with E-state index in [9.17, 15) is 0 Å². The van der Waals surface area contributed by atoms with Crippen LogP contribution in [0.4, 0.5) is 0 Å². The van der Waals surface area contributed by atoms with Gasteiger partial charge >= 0.3 is 0 Å². The second kappa shape index (κ2) is 12.5. The lowest BCUT2D eigenvalue weighted by atomic mass is 10.1. The summed E-state index contributed by atoms with van der Waals surface area (Å²) >= 11 is 0. The van der Waals surface area contributed by atoms with E-state index in [4.69, 9.17) is 28.4 Å². The topological polar surface area (TPSA) is 55.4 Å². The van der Waals surface area contributed by atoms with Gasteiger partial charge < -0.3 is 28.4 Å². The van der Waals surface area contributed by atoms with Crippen molar-refractivity contribution in [1.29, 1.82) is 0 Å². The molecule has 0 saturated heterocycles. The quantitative estimate of drug-likeness (QED) is 0.481. The fraction of sp³-hybridized carbons (Fsp3) is 0.500. The molecule has 0 fully saturated rings. The van der Waals surface area contributed by atoms with Crippen molar-refractivity contribution < 1.29 is 28.4 Å². The molecule has 0 N–H and O–H groups in total. The third-order valence-electron chi connectivity index (χ3n) is 3.65. The molecule has 0 radical (unpaired) electrons. The van der Waals surface area contributed by atoms with E-state index >= 15 is 0 Å². The summed E-state index contributed by atoms with van der Waals surface area (Å²) in [6.45, 7) is 4.15. The zero-order chi connectivity index (χ0) is 18.5. The van der Waals surface area contributed by atoms with Gasteiger partial charge in [0.15, 0.2) is 11.5 Å². The van der Waals surface area contributed by atoms with Gasteiger partial charge in [0.2, 0.25) is 0 Å². The van der Waals surface area contributed by atoms with Crippen LogP contribution in [0.2, 0.25) is 0 Å². The van der Waals surface area contributed by atoms with Crippen LogP contribution in [0.25, 0.3) is 10.8 Å².